The van der Waals surface area contributed by atoms with Crippen molar-refractivity contribution in [2.45, 2.75) is 6.92 Å². The van der Waals surface area contributed by atoms with Crippen molar-refractivity contribution in [3.63, 3.8) is 0 Å². The molecule has 0 radical (unpaired) electrons. The number of nitrogens with zero attached hydrogens (tertiary/aromatic N) is 2. The van der Waals surface area contributed by atoms with Crippen molar-refractivity contribution < 1.29 is 0 Å². The molecule has 0 amide bonds. The SMILES string of the molecule is Cc1cc(-c2nnc(Cl)s2)ccc1Cl. The van der Waals surface area contributed by atoms with Crippen LogP contribution in [-0.4, -0.2) is 10.2 Å². The molecule has 72 valence electrons. The summed E-state index contributed by atoms with van der Waals surface area (Å²) < 4.78 is 0.451. The maximum atomic E-state index is 5.91. The summed E-state index contributed by atoms with van der Waals surface area (Å²) in [6, 6.07) is 5.73. The Hall–Kier alpha value is -0.640. The molecule has 2 aromatic rings. The summed E-state index contributed by atoms with van der Waals surface area (Å²) in [7, 11) is 0. The van der Waals surface area contributed by atoms with Gasteiger partial charge in [0.25, 0.3) is 0 Å². The van der Waals surface area contributed by atoms with E-state index in [4.69, 9.17) is 23.2 Å². The second-order valence-corrected chi connectivity index (χ2v) is 4.79. The summed E-state index contributed by atoms with van der Waals surface area (Å²) in [5.74, 6) is 0. The number of aryl methyl sites for hydroxylation is 1. The van der Waals surface area contributed by atoms with Crippen molar-refractivity contribution in [3.05, 3.63) is 33.3 Å². The molecule has 1 heterocycles. The van der Waals surface area contributed by atoms with Crippen molar-refractivity contribution in [2.75, 3.05) is 0 Å². The molecular weight excluding hydrogens is 239 g/mol. The Morgan fingerprint density at radius 3 is 2.57 bits per heavy atom. The van der Waals surface area contributed by atoms with Crippen LogP contribution in [0.3, 0.4) is 0 Å². The highest BCUT2D eigenvalue weighted by Crippen LogP contribution is 2.28. The number of aromatic nitrogens is 2. The second-order valence-electron chi connectivity index (χ2n) is 2.82. The topological polar surface area (TPSA) is 25.8 Å². The number of hydrogen-bond acceptors (Lipinski definition) is 3. The van der Waals surface area contributed by atoms with Gasteiger partial charge < -0.3 is 0 Å². The third-order valence-electron chi connectivity index (χ3n) is 1.81. The predicted molar refractivity (Wildman–Crippen MR) is 60.1 cm³/mol. The Morgan fingerprint density at radius 2 is 2.00 bits per heavy atom. The molecule has 1 aromatic heterocycles. The average Bonchev–Trinajstić information content (AvgIpc) is 2.57. The highest BCUT2D eigenvalue weighted by atomic mass is 35.5. The van der Waals surface area contributed by atoms with Gasteiger partial charge in [-0.2, -0.15) is 0 Å². The molecule has 0 aliphatic carbocycles. The molecule has 5 heteroatoms. The van der Waals surface area contributed by atoms with Gasteiger partial charge in [-0.15, -0.1) is 10.2 Å². The first-order valence-corrected chi connectivity index (χ1v) is 5.49. The maximum absolute atomic E-state index is 5.91. The smallest absolute Gasteiger partial charge is 0.137 e. The van der Waals surface area contributed by atoms with E-state index in [9.17, 15) is 0 Å². The second kappa shape index (κ2) is 3.85. The van der Waals surface area contributed by atoms with E-state index in [0.29, 0.717) is 4.47 Å². The molecule has 0 unspecified atom stereocenters. The van der Waals surface area contributed by atoms with E-state index in [1.54, 1.807) is 0 Å². The summed E-state index contributed by atoms with van der Waals surface area (Å²) in [5.41, 5.74) is 2.02. The van der Waals surface area contributed by atoms with Gasteiger partial charge in [0.1, 0.15) is 5.01 Å². The monoisotopic (exact) mass is 244 g/mol. The Labute approximate surface area is 95.5 Å². The first-order valence-electron chi connectivity index (χ1n) is 3.92. The normalized spacial score (nSPS) is 10.5. The number of halogens is 2. The Bertz CT molecular complexity index is 468. The van der Waals surface area contributed by atoms with Crippen LogP contribution in [0.1, 0.15) is 5.56 Å². The lowest BCUT2D eigenvalue weighted by atomic mass is 10.1. The number of hydrogen-bond donors (Lipinski definition) is 0. The van der Waals surface area contributed by atoms with E-state index in [0.717, 1.165) is 21.2 Å². The third-order valence-corrected chi connectivity index (χ3v) is 3.30. The van der Waals surface area contributed by atoms with Crippen LogP contribution in [0.5, 0.6) is 0 Å². The summed E-state index contributed by atoms with van der Waals surface area (Å²) in [6.07, 6.45) is 0. The molecule has 0 spiro atoms. The summed E-state index contributed by atoms with van der Waals surface area (Å²) in [6.45, 7) is 1.95. The molecule has 0 fully saturated rings. The Kier molecular flexibility index (Phi) is 2.72. The van der Waals surface area contributed by atoms with Crippen LogP contribution < -0.4 is 0 Å². The van der Waals surface area contributed by atoms with Gasteiger partial charge in [-0.1, -0.05) is 29.0 Å². The lowest BCUT2D eigenvalue weighted by Crippen LogP contribution is -1.80. The van der Waals surface area contributed by atoms with Gasteiger partial charge in [0.2, 0.25) is 4.47 Å². The van der Waals surface area contributed by atoms with E-state index in [-0.39, 0.29) is 0 Å². The molecule has 0 aliphatic heterocycles. The lowest BCUT2D eigenvalue weighted by molar-refractivity contribution is 1.09. The van der Waals surface area contributed by atoms with E-state index in [2.05, 4.69) is 10.2 Å². The van der Waals surface area contributed by atoms with Crippen LogP contribution in [-0.2, 0) is 0 Å². The van der Waals surface area contributed by atoms with E-state index in [1.165, 1.54) is 11.3 Å². The molecule has 0 aliphatic rings. The molecular formula is C9H6Cl2N2S. The maximum Gasteiger partial charge on any atom is 0.207 e. The minimum absolute atomic E-state index is 0.451. The van der Waals surface area contributed by atoms with Crippen molar-refractivity contribution in [2.24, 2.45) is 0 Å². The first kappa shape index (κ1) is 9.90. The van der Waals surface area contributed by atoms with Gasteiger partial charge in [0.05, 0.1) is 0 Å². The van der Waals surface area contributed by atoms with Crippen LogP contribution in [0, 0.1) is 6.92 Å². The minimum atomic E-state index is 0.451. The molecule has 0 atom stereocenters. The highest BCUT2D eigenvalue weighted by molar-refractivity contribution is 7.18. The van der Waals surface area contributed by atoms with Crippen LogP contribution in [0.15, 0.2) is 18.2 Å². The summed E-state index contributed by atoms with van der Waals surface area (Å²) in [5, 5.41) is 9.26. The minimum Gasteiger partial charge on any atom is -0.137 e. The fraction of sp³-hybridized carbons (Fsp3) is 0.111. The van der Waals surface area contributed by atoms with Crippen LogP contribution in [0.25, 0.3) is 10.6 Å². The lowest BCUT2D eigenvalue weighted by Gasteiger charge is -1.99. The molecule has 0 bridgehead atoms. The van der Waals surface area contributed by atoms with Gasteiger partial charge in [0.15, 0.2) is 0 Å². The number of rotatable bonds is 1. The predicted octanol–water partition coefficient (Wildman–Crippen LogP) is 3.82. The summed E-state index contributed by atoms with van der Waals surface area (Å²) in [4.78, 5) is 0. The van der Waals surface area contributed by atoms with Gasteiger partial charge in [0, 0.05) is 10.6 Å². The quantitative estimate of drug-likeness (QED) is 0.763. The largest absolute Gasteiger partial charge is 0.207 e. The van der Waals surface area contributed by atoms with Crippen LogP contribution >= 0.6 is 34.5 Å². The fourth-order valence-electron chi connectivity index (χ4n) is 1.10. The molecule has 1 aromatic carbocycles. The van der Waals surface area contributed by atoms with Crippen molar-refractivity contribution >= 4 is 34.5 Å². The Balaban J connectivity index is 2.47. The highest BCUT2D eigenvalue weighted by Gasteiger charge is 2.05. The molecule has 14 heavy (non-hydrogen) atoms. The molecule has 0 saturated heterocycles. The average molecular weight is 245 g/mol. The van der Waals surface area contributed by atoms with Crippen molar-refractivity contribution in [1.29, 1.82) is 0 Å². The van der Waals surface area contributed by atoms with Gasteiger partial charge in [-0.3, -0.25) is 0 Å². The standard InChI is InChI=1S/C9H6Cl2N2S/c1-5-4-6(2-3-7(5)10)8-12-13-9(11)14-8/h2-4H,1H3. The van der Waals surface area contributed by atoms with Crippen LogP contribution in [0.2, 0.25) is 9.49 Å². The first-order chi connectivity index (χ1) is 6.66. The van der Waals surface area contributed by atoms with Crippen molar-refractivity contribution in [1.82, 2.24) is 10.2 Å². The third kappa shape index (κ3) is 1.90. The van der Waals surface area contributed by atoms with E-state index in [1.807, 2.05) is 25.1 Å². The van der Waals surface area contributed by atoms with E-state index < -0.39 is 0 Å². The van der Waals surface area contributed by atoms with Gasteiger partial charge >= 0.3 is 0 Å². The van der Waals surface area contributed by atoms with Gasteiger partial charge in [-0.05, 0) is 36.2 Å². The molecule has 0 saturated carbocycles. The Morgan fingerprint density at radius 1 is 1.21 bits per heavy atom. The fourth-order valence-corrected chi connectivity index (χ4v) is 2.04. The molecule has 2 nitrogen and oxygen atoms in total. The molecule has 2 rings (SSSR count). The molecule has 0 N–H and O–H groups in total. The van der Waals surface area contributed by atoms with Gasteiger partial charge in [-0.25, -0.2) is 0 Å². The van der Waals surface area contributed by atoms with E-state index >= 15 is 0 Å². The number of benzene rings is 1. The zero-order valence-corrected chi connectivity index (χ0v) is 9.62. The van der Waals surface area contributed by atoms with Crippen LogP contribution in [0.4, 0.5) is 0 Å². The summed E-state index contributed by atoms with van der Waals surface area (Å²) >= 11 is 13.0. The zero-order valence-electron chi connectivity index (χ0n) is 7.29. The van der Waals surface area contributed by atoms with Crippen molar-refractivity contribution in [3.8, 4) is 10.6 Å². The zero-order chi connectivity index (χ0) is 10.1.